The minimum atomic E-state index is -0.316. The number of hydrogen-bond acceptors (Lipinski definition) is 4. The lowest BCUT2D eigenvalue weighted by Crippen LogP contribution is -2.49. The van der Waals surface area contributed by atoms with Gasteiger partial charge in [-0.25, -0.2) is 9.18 Å². The van der Waals surface area contributed by atoms with Crippen molar-refractivity contribution in [2.75, 3.05) is 37.5 Å². The molecule has 0 aromatic heterocycles. The summed E-state index contributed by atoms with van der Waals surface area (Å²) in [5.41, 5.74) is 2.48. The second kappa shape index (κ2) is 10.2. The zero-order chi connectivity index (χ0) is 24.1. The molecule has 1 N–H and O–H groups in total. The molecule has 3 aromatic carbocycles. The summed E-state index contributed by atoms with van der Waals surface area (Å²) in [6, 6.07) is 18.2. The van der Waals surface area contributed by atoms with E-state index in [0.29, 0.717) is 42.4 Å². The van der Waals surface area contributed by atoms with E-state index in [1.54, 1.807) is 58.3 Å². The van der Waals surface area contributed by atoms with Gasteiger partial charge in [0.05, 0.1) is 14.2 Å². The summed E-state index contributed by atoms with van der Waals surface area (Å²) in [6.45, 7) is 1.56. The van der Waals surface area contributed by atoms with Crippen molar-refractivity contribution >= 4 is 23.3 Å². The van der Waals surface area contributed by atoms with E-state index in [1.165, 1.54) is 26.4 Å². The van der Waals surface area contributed by atoms with E-state index in [9.17, 15) is 14.0 Å². The molecule has 0 radical (unpaired) electrons. The predicted molar refractivity (Wildman–Crippen MR) is 128 cm³/mol. The normalized spacial score (nSPS) is 13.6. The van der Waals surface area contributed by atoms with E-state index in [2.05, 4.69) is 5.32 Å². The van der Waals surface area contributed by atoms with Gasteiger partial charge in [-0.2, -0.15) is 0 Å². The molecule has 0 atom stereocenters. The number of rotatable bonds is 7. The second-order valence-electron chi connectivity index (χ2n) is 7.94. The Balaban J connectivity index is 1.43. The van der Waals surface area contributed by atoms with Crippen molar-refractivity contribution in [3.63, 3.8) is 0 Å². The van der Waals surface area contributed by atoms with Gasteiger partial charge < -0.3 is 19.7 Å². The van der Waals surface area contributed by atoms with Crippen LogP contribution < -0.4 is 19.7 Å². The Bertz CT molecular complexity index is 1160. The van der Waals surface area contributed by atoms with Crippen LogP contribution in [0.15, 0.2) is 66.7 Å². The van der Waals surface area contributed by atoms with Gasteiger partial charge in [0, 0.05) is 42.6 Å². The fraction of sp³-hybridized carbons (Fsp3) is 0.231. The summed E-state index contributed by atoms with van der Waals surface area (Å²) in [6.07, 6.45) is 0.803. The minimum absolute atomic E-state index is 0.129. The zero-order valence-corrected chi connectivity index (χ0v) is 19.1. The maximum Gasteiger partial charge on any atom is 0.324 e. The molecule has 3 aromatic rings. The number of nitrogens with one attached hydrogen (secondary N) is 1. The molecule has 0 aliphatic carbocycles. The number of carbonyl (C=O) groups is 2. The molecular formula is C26H26FN3O4. The van der Waals surface area contributed by atoms with Gasteiger partial charge >= 0.3 is 6.03 Å². The number of hydrogen-bond donors (Lipinski definition) is 1. The summed E-state index contributed by atoms with van der Waals surface area (Å²) in [7, 11) is 3.05. The highest BCUT2D eigenvalue weighted by Gasteiger charge is 2.27. The van der Waals surface area contributed by atoms with Crippen molar-refractivity contribution in [2.24, 2.45) is 0 Å². The topological polar surface area (TPSA) is 71.1 Å². The number of carbonyl (C=O) groups excluding carboxylic acids is 2. The van der Waals surface area contributed by atoms with Gasteiger partial charge in [-0.1, -0.05) is 12.1 Å². The number of amides is 3. The first-order valence-electron chi connectivity index (χ1n) is 10.9. The van der Waals surface area contributed by atoms with Crippen molar-refractivity contribution in [3.05, 3.63) is 83.7 Å². The third kappa shape index (κ3) is 5.28. The smallest absolute Gasteiger partial charge is 0.324 e. The van der Waals surface area contributed by atoms with Gasteiger partial charge in [-0.05, 0) is 60.5 Å². The summed E-state index contributed by atoms with van der Waals surface area (Å²) in [5.74, 6) is 0.418. The van der Waals surface area contributed by atoms with Crippen molar-refractivity contribution in [3.8, 4) is 11.5 Å². The lowest BCUT2D eigenvalue weighted by molar-refractivity contribution is 0.102. The average molecular weight is 464 g/mol. The molecule has 34 heavy (non-hydrogen) atoms. The predicted octanol–water partition coefficient (Wildman–Crippen LogP) is 4.93. The molecule has 1 aliphatic rings. The molecule has 0 spiro atoms. The van der Waals surface area contributed by atoms with E-state index < -0.39 is 0 Å². The Hall–Kier alpha value is -4.07. The highest BCUT2D eigenvalue weighted by atomic mass is 19.1. The number of urea groups is 1. The quantitative estimate of drug-likeness (QED) is 0.540. The number of nitrogens with zero attached hydrogens (tertiary/aromatic N) is 2. The molecule has 4 rings (SSSR count). The Labute approximate surface area is 197 Å². The molecule has 1 aliphatic heterocycles. The highest BCUT2D eigenvalue weighted by molar-refractivity contribution is 6.05. The van der Waals surface area contributed by atoms with Crippen molar-refractivity contribution in [1.29, 1.82) is 0 Å². The van der Waals surface area contributed by atoms with Gasteiger partial charge in [0.2, 0.25) is 0 Å². The summed E-state index contributed by atoms with van der Waals surface area (Å²) in [5, 5.41) is 2.85. The Morgan fingerprint density at radius 1 is 0.971 bits per heavy atom. The fourth-order valence-electron chi connectivity index (χ4n) is 3.89. The lowest BCUT2D eigenvalue weighted by Gasteiger charge is -2.35. The van der Waals surface area contributed by atoms with Crippen molar-refractivity contribution in [2.45, 2.75) is 13.0 Å². The Kier molecular flexibility index (Phi) is 6.96. The van der Waals surface area contributed by atoms with Crippen LogP contribution in [0.4, 0.5) is 20.6 Å². The van der Waals surface area contributed by atoms with Crippen LogP contribution in [-0.4, -0.2) is 44.1 Å². The highest BCUT2D eigenvalue weighted by Crippen LogP contribution is 2.25. The first-order chi connectivity index (χ1) is 16.5. The first kappa shape index (κ1) is 23.1. The minimum Gasteiger partial charge on any atom is -0.497 e. The fourth-order valence-corrected chi connectivity index (χ4v) is 3.89. The van der Waals surface area contributed by atoms with Crippen LogP contribution in [0.3, 0.4) is 0 Å². The van der Waals surface area contributed by atoms with Gasteiger partial charge in [-0.15, -0.1) is 0 Å². The van der Waals surface area contributed by atoms with Gasteiger partial charge in [0.1, 0.15) is 17.3 Å². The Morgan fingerprint density at radius 3 is 2.32 bits per heavy atom. The molecule has 8 heteroatoms. The molecule has 0 bridgehead atoms. The Morgan fingerprint density at radius 2 is 1.68 bits per heavy atom. The third-order valence-corrected chi connectivity index (χ3v) is 5.62. The monoisotopic (exact) mass is 463 g/mol. The van der Waals surface area contributed by atoms with Crippen LogP contribution in [-0.2, 0) is 6.54 Å². The summed E-state index contributed by atoms with van der Waals surface area (Å²) < 4.78 is 24.0. The maximum absolute atomic E-state index is 13.5. The third-order valence-electron chi connectivity index (χ3n) is 5.62. The van der Waals surface area contributed by atoms with Crippen molar-refractivity contribution in [1.82, 2.24) is 4.90 Å². The molecule has 1 fully saturated rings. The van der Waals surface area contributed by atoms with E-state index in [4.69, 9.17) is 9.47 Å². The number of anilines is 2. The maximum atomic E-state index is 13.5. The van der Waals surface area contributed by atoms with Crippen LogP contribution in [0.2, 0.25) is 0 Å². The van der Waals surface area contributed by atoms with Gasteiger partial charge in [0.15, 0.2) is 0 Å². The van der Waals surface area contributed by atoms with E-state index in [0.717, 1.165) is 17.7 Å². The summed E-state index contributed by atoms with van der Waals surface area (Å²) >= 11 is 0. The second-order valence-corrected chi connectivity index (χ2v) is 7.94. The van der Waals surface area contributed by atoms with Crippen LogP contribution in [0, 0.1) is 5.82 Å². The zero-order valence-electron chi connectivity index (χ0n) is 19.1. The first-order valence-corrected chi connectivity index (χ1v) is 10.9. The molecule has 1 saturated heterocycles. The SMILES string of the molecule is COc1cc(OC)cc(C(=O)Nc2ccc(N3CCCN(Cc4cccc(F)c4)C3=O)cc2)c1. The molecule has 176 valence electrons. The molecule has 7 nitrogen and oxygen atoms in total. The van der Waals surface area contributed by atoms with Gasteiger partial charge in [-0.3, -0.25) is 9.69 Å². The van der Waals surface area contributed by atoms with Crippen molar-refractivity contribution < 1.29 is 23.5 Å². The number of halogens is 1. The number of methoxy groups -OCH3 is 2. The van der Waals surface area contributed by atoms with E-state index in [-0.39, 0.29) is 17.8 Å². The molecular weight excluding hydrogens is 437 g/mol. The van der Waals surface area contributed by atoms with Crippen LogP contribution in [0.5, 0.6) is 11.5 Å². The average Bonchev–Trinajstić information content (AvgIpc) is 2.85. The van der Waals surface area contributed by atoms with E-state index in [1.807, 2.05) is 6.07 Å². The standard InChI is InChI=1S/C26H26FN3O4/c1-33-23-14-19(15-24(16-23)34-2)25(31)28-21-7-9-22(10-8-21)30-12-4-11-29(26(30)32)17-18-5-3-6-20(27)13-18/h3,5-10,13-16H,4,11-12,17H2,1-2H3,(H,28,31). The largest absolute Gasteiger partial charge is 0.497 e. The van der Waals surface area contributed by atoms with Crippen LogP contribution >= 0.6 is 0 Å². The van der Waals surface area contributed by atoms with Crippen LogP contribution in [0.1, 0.15) is 22.3 Å². The van der Waals surface area contributed by atoms with Crippen LogP contribution in [0.25, 0.3) is 0 Å². The number of ether oxygens (including phenoxy) is 2. The van der Waals surface area contributed by atoms with Gasteiger partial charge in [0.25, 0.3) is 5.91 Å². The molecule has 0 saturated carbocycles. The lowest BCUT2D eigenvalue weighted by atomic mass is 10.1. The van der Waals surface area contributed by atoms with E-state index >= 15 is 0 Å². The molecule has 3 amide bonds. The summed E-state index contributed by atoms with van der Waals surface area (Å²) in [4.78, 5) is 29.2. The number of benzene rings is 3. The molecule has 1 heterocycles. The molecule has 0 unspecified atom stereocenters.